The Bertz CT molecular complexity index is 519. The molecule has 0 bridgehead atoms. The van der Waals surface area contributed by atoms with Crippen molar-refractivity contribution in [3.63, 3.8) is 0 Å². The number of rotatable bonds is 7. The molecule has 1 aromatic carbocycles. The first-order valence-electron chi connectivity index (χ1n) is 7.73. The summed E-state index contributed by atoms with van der Waals surface area (Å²) in [6.45, 7) is 2.22. The van der Waals surface area contributed by atoms with E-state index in [1.54, 1.807) is 6.92 Å². The summed E-state index contributed by atoms with van der Waals surface area (Å²) < 4.78 is 29.4. The van der Waals surface area contributed by atoms with Gasteiger partial charge >= 0.3 is 11.9 Å². The normalized spacial score (nSPS) is 21.7. The Morgan fingerprint density at radius 2 is 2.04 bits per heavy atom. The van der Waals surface area contributed by atoms with Crippen LogP contribution in [0.25, 0.3) is 0 Å². The smallest absolute Gasteiger partial charge is 0.341 e. The van der Waals surface area contributed by atoms with Crippen LogP contribution in [-0.2, 0) is 30.4 Å². The first-order valence-corrected chi connectivity index (χ1v) is 7.73. The van der Waals surface area contributed by atoms with Crippen molar-refractivity contribution in [3.05, 3.63) is 35.9 Å². The van der Waals surface area contributed by atoms with Crippen LogP contribution in [0.3, 0.4) is 0 Å². The average Bonchev–Trinajstić information content (AvgIpc) is 3.01. The van der Waals surface area contributed by atoms with Crippen LogP contribution in [0.5, 0.6) is 0 Å². The molecule has 1 aliphatic heterocycles. The molecule has 126 valence electrons. The molecule has 1 heterocycles. The third kappa shape index (κ3) is 5.03. The lowest BCUT2D eigenvalue weighted by molar-refractivity contribution is -0.155. The van der Waals surface area contributed by atoms with Gasteiger partial charge < -0.3 is 14.2 Å². The van der Waals surface area contributed by atoms with Gasteiger partial charge in [-0.2, -0.15) is 0 Å². The van der Waals surface area contributed by atoms with E-state index in [2.05, 4.69) is 4.74 Å². The number of carbonyl (C=O) groups is 2. The van der Waals surface area contributed by atoms with Crippen LogP contribution in [0.1, 0.15) is 25.3 Å². The quantitative estimate of drug-likeness (QED) is 0.721. The van der Waals surface area contributed by atoms with Gasteiger partial charge in [0.2, 0.25) is 6.17 Å². The maximum absolute atomic E-state index is 14.1. The molecule has 2 rings (SSSR count). The molecule has 6 heteroatoms. The summed E-state index contributed by atoms with van der Waals surface area (Å²) in [6.07, 6.45) is -2.12. The highest BCUT2D eigenvalue weighted by Crippen LogP contribution is 2.29. The van der Waals surface area contributed by atoms with Crippen molar-refractivity contribution in [2.75, 3.05) is 13.2 Å². The molecular weight excluding hydrogens is 303 g/mol. The molecule has 0 aromatic heterocycles. The van der Waals surface area contributed by atoms with Crippen molar-refractivity contribution in [3.8, 4) is 0 Å². The largest absolute Gasteiger partial charge is 0.464 e. The zero-order valence-corrected chi connectivity index (χ0v) is 13.1. The Labute approximate surface area is 134 Å². The minimum absolute atomic E-state index is 0.0721. The topological polar surface area (TPSA) is 61.8 Å². The second-order valence-electron chi connectivity index (χ2n) is 5.37. The summed E-state index contributed by atoms with van der Waals surface area (Å²) in [7, 11) is 0. The maximum atomic E-state index is 14.1. The van der Waals surface area contributed by atoms with Crippen molar-refractivity contribution in [2.24, 2.45) is 5.92 Å². The van der Waals surface area contributed by atoms with E-state index in [1.807, 2.05) is 30.3 Å². The Balaban J connectivity index is 1.83. The highest BCUT2D eigenvalue weighted by atomic mass is 19.1. The van der Waals surface area contributed by atoms with E-state index in [1.165, 1.54) is 0 Å². The number of esters is 2. The zero-order valence-electron chi connectivity index (χ0n) is 13.1. The van der Waals surface area contributed by atoms with E-state index in [-0.39, 0.29) is 19.6 Å². The molecule has 1 aliphatic rings. The first-order chi connectivity index (χ1) is 11.1. The van der Waals surface area contributed by atoms with Crippen LogP contribution >= 0.6 is 0 Å². The molecule has 0 saturated carbocycles. The van der Waals surface area contributed by atoms with Crippen LogP contribution in [0, 0.1) is 5.92 Å². The van der Waals surface area contributed by atoms with E-state index in [0.717, 1.165) is 5.56 Å². The van der Waals surface area contributed by atoms with E-state index in [4.69, 9.17) is 9.47 Å². The summed E-state index contributed by atoms with van der Waals surface area (Å²) >= 11 is 0. The number of alkyl halides is 1. The van der Waals surface area contributed by atoms with Crippen molar-refractivity contribution in [2.45, 2.75) is 38.6 Å². The Morgan fingerprint density at radius 3 is 2.74 bits per heavy atom. The standard InChI is InChI=1S/C17H21FO5/c1-2-21-17(20)16(18)13-8-9-22-14(13)10-15(19)23-11-12-6-4-3-5-7-12/h3-7,13-14,16H,2,8-11H2,1H3. The Hall–Kier alpha value is -1.95. The molecule has 5 nitrogen and oxygen atoms in total. The Morgan fingerprint density at radius 1 is 1.30 bits per heavy atom. The van der Waals surface area contributed by atoms with Gasteiger partial charge in [-0.25, -0.2) is 9.18 Å². The van der Waals surface area contributed by atoms with Crippen molar-refractivity contribution in [1.82, 2.24) is 0 Å². The van der Waals surface area contributed by atoms with Gasteiger partial charge in [0.15, 0.2) is 0 Å². The van der Waals surface area contributed by atoms with Gasteiger partial charge in [0, 0.05) is 12.5 Å². The third-order valence-corrected chi connectivity index (χ3v) is 3.76. The van der Waals surface area contributed by atoms with Crippen LogP contribution in [0.2, 0.25) is 0 Å². The summed E-state index contributed by atoms with van der Waals surface area (Å²) in [5.41, 5.74) is 0.875. The number of hydrogen-bond acceptors (Lipinski definition) is 5. The molecule has 0 radical (unpaired) electrons. The van der Waals surface area contributed by atoms with Gasteiger partial charge in [0.05, 0.1) is 19.1 Å². The van der Waals surface area contributed by atoms with E-state index in [9.17, 15) is 14.0 Å². The van der Waals surface area contributed by atoms with E-state index >= 15 is 0 Å². The number of carbonyl (C=O) groups excluding carboxylic acids is 2. The molecule has 3 atom stereocenters. The lowest BCUT2D eigenvalue weighted by Crippen LogP contribution is -2.34. The molecule has 1 fully saturated rings. The SMILES string of the molecule is CCOC(=O)C(F)C1CCOC1CC(=O)OCc1ccccc1. The maximum Gasteiger partial charge on any atom is 0.341 e. The lowest BCUT2D eigenvalue weighted by Gasteiger charge is -2.20. The first kappa shape index (κ1) is 17.4. The number of halogens is 1. The monoisotopic (exact) mass is 324 g/mol. The molecule has 23 heavy (non-hydrogen) atoms. The minimum atomic E-state index is -1.77. The fraction of sp³-hybridized carbons (Fsp3) is 0.529. The van der Waals surface area contributed by atoms with Gasteiger partial charge in [-0.3, -0.25) is 4.79 Å². The summed E-state index contributed by atoms with van der Waals surface area (Å²) in [5.74, 6) is -2.04. The van der Waals surface area contributed by atoms with Crippen LogP contribution < -0.4 is 0 Å². The Kier molecular flexibility index (Phi) is 6.52. The predicted molar refractivity (Wildman–Crippen MR) is 80.2 cm³/mol. The molecule has 0 aliphatic carbocycles. The predicted octanol–water partition coefficient (Wildman–Crippen LogP) is 2.43. The van der Waals surface area contributed by atoms with Gasteiger partial charge in [0.25, 0.3) is 0 Å². The fourth-order valence-corrected chi connectivity index (χ4v) is 2.57. The van der Waals surface area contributed by atoms with Crippen LogP contribution in [-0.4, -0.2) is 37.4 Å². The third-order valence-electron chi connectivity index (χ3n) is 3.76. The lowest BCUT2D eigenvalue weighted by atomic mass is 9.94. The van der Waals surface area contributed by atoms with Crippen molar-refractivity contribution in [1.29, 1.82) is 0 Å². The summed E-state index contributed by atoms with van der Waals surface area (Å²) in [6, 6.07) is 9.28. The highest BCUT2D eigenvalue weighted by molar-refractivity contribution is 5.75. The van der Waals surface area contributed by atoms with Crippen LogP contribution in [0.15, 0.2) is 30.3 Å². The minimum Gasteiger partial charge on any atom is -0.464 e. The number of hydrogen-bond donors (Lipinski definition) is 0. The molecule has 1 aromatic rings. The molecule has 0 amide bonds. The fourth-order valence-electron chi connectivity index (χ4n) is 2.57. The van der Waals surface area contributed by atoms with E-state index < -0.39 is 30.1 Å². The van der Waals surface area contributed by atoms with Crippen molar-refractivity contribution >= 4 is 11.9 Å². The number of ether oxygens (including phenoxy) is 3. The van der Waals surface area contributed by atoms with Gasteiger partial charge in [-0.1, -0.05) is 30.3 Å². The van der Waals surface area contributed by atoms with Gasteiger partial charge in [-0.05, 0) is 18.9 Å². The summed E-state index contributed by atoms with van der Waals surface area (Å²) in [5, 5.41) is 0. The second kappa shape index (κ2) is 8.62. The molecule has 3 unspecified atom stereocenters. The van der Waals surface area contributed by atoms with Crippen LogP contribution in [0.4, 0.5) is 4.39 Å². The molecule has 0 N–H and O–H groups in total. The number of benzene rings is 1. The zero-order chi connectivity index (χ0) is 16.7. The van der Waals surface area contributed by atoms with E-state index in [0.29, 0.717) is 13.0 Å². The molecular formula is C17H21FO5. The van der Waals surface area contributed by atoms with Gasteiger partial charge in [0.1, 0.15) is 6.61 Å². The molecule has 1 saturated heterocycles. The second-order valence-corrected chi connectivity index (χ2v) is 5.37. The molecule has 0 spiro atoms. The van der Waals surface area contributed by atoms with Crippen molar-refractivity contribution < 1.29 is 28.2 Å². The highest BCUT2D eigenvalue weighted by Gasteiger charge is 2.40. The summed E-state index contributed by atoms with van der Waals surface area (Å²) in [4.78, 5) is 23.4. The average molecular weight is 324 g/mol. The van der Waals surface area contributed by atoms with Gasteiger partial charge in [-0.15, -0.1) is 0 Å².